The summed E-state index contributed by atoms with van der Waals surface area (Å²) < 4.78 is 28.7. The molecule has 0 saturated carbocycles. The molecule has 1 saturated heterocycles. The lowest BCUT2D eigenvalue weighted by Gasteiger charge is -2.35. The van der Waals surface area contributed by atoms with Crippen LogP contribution in [0.5, 0.6) is 0 Å². The van der Waals surface area contributed by atoms with Crippen LogP contribution in [0.25, 0.3) is 0 Å². The minimum atomic E-state index is -3.27. The normalized spacial score (nSPS) is 21.5. The Kier molecular flexibility index (Phi) is 8.02. The van der Waals surface area contributed by atoms with E-state index in [0.717, 1.165) is 38.8 Å². The van der Waals surface area contributed by atoms with Gasteiger partial charge in [-0.1, -0.05) is 27.2 Å². The van der Waals surface area contributed by atoms with Crippen LogP contribution in [-0.2, 0) is 10.2 Å². The molecule has 0 aliphatic carbocycles. The highest BCUT2D eigenvalue weighted by molar-refractivity contribution is 7.86. The zero-order valence-electron chi connectivity index (χ0n) is 13.3. The predicted molar refractivity (Wildman–Crippen MR) is 83.9 cm³/mol. The second-order valence-electron chi connectivity index (χ2n) is 5.53. The van der Waals surface area contributed by atoms with Gasteiger partial charge in [-0.25, -0.2) is 0 Å². The fourth-order valence-electron chi connectivity index (χ4n) is 2.69. The van der Waals surface area contributed by atoms with Crippen LogP contribution in [0.15, 0.2) is 0 Å². The summed E-state index contributed by atoms with van der Waals surface area (Å²) in [6.45, 7) is 10.5. The molecule has 0 aromatic heterocycles. The van der Waals surface area contributed by atoms with Crippen LogP contribution in [0.1, 0.15) is 46.5 Å². The van der Waals surface area contributed by atoms with E-state index < -0.39 is 10.2 Å². The maximum atomic E-state index is 12.7. The number of piperidine rings is 1. The van der Waals surface area contributed by atoms with E-state index >= 15 is 0 Å². The number of nitrogens with zero attached hydrogens (tertiary/aromatic N) is 2. The van der Waals surface area contributed by atoms with E-state index in [1.165, 1.54) is 0 Å². The van der Waals surface area contributed by atoms with Crippen molar-refractivity contribution in [1.29, 1.82) is 0 Å². The molecule has 1 heterocycles. The van der Waals surface area contributed by atoms with E-state index in [1.54, 1.807) is 8.61 Å². The van der Waals surface area contributed by atoms with Crippen molar-refractivity contribution < 1.29 is 8.42 Å². The summed E-state index contributed by atoms with van der Waals surface area (Å²) in [7, 11) is -3.27. The summed E-state index contributed by atoms with van der Waals surface area (Å²) in [4.78, 5) is 0. The van der Waals surface area contributed by atoms with Crippen LogP contribution in [0.4, 0.5) is 0 Å². The zero-order chi connectivity index (χ0) is 15.0. The fraction of sp³-hybridized carbons (Fsp3) is 1.00. The van der Waals surface area contributed by atoms with Crippen molar-refractivity contribution in [3.63, 3.8) is 0 Å². The molecule has 6 heteroatoms. The molecule has 1 rings (SSSR count). The molecule has 5 nitrogen and oxygen atoms in total. The third-order valence-corrected chi connectivity index (χ3v) is 6.01. The Morgan fingerprint density at radius 2 is 2.05 bits per heavy atom. The van der Waals surface area contributed by atoms with Crippen LogP contribution in [0.2, 0.25) is 0 Å². The third-order valence-electron chi connectivity index (χ3n) is 3.93. The molecule has 1 aliphatic heterocycles. The highest BCUT2D eigenvalue weighted by atomic mass is 32.2. The van der Waals surface area contributed by atoms with E-state index in [9.17, 15) is 8.42 Å². The monoisotopic (exact) mass is 305 g/mol. The molecule has 1 N–H and O–H groups in total. The second-order valence-corrected chi connectivity index (χ2v) is 7.46. The highest BCUT2D eigenvalue weighted by Crippen LogP contribution is 2.21. The number of hydrogen-bond donors (Lipinski definition) is 1. The molecular formula is C14H31N3O2S. The molecule has 1 fully saturated rings. The zero-order valence-corrected chi connectivity index (χ0v) is 14.1. The topological polar surface area (TPSA) is 52.7 Å². The highest BCUT2D eigenvalue weighted by Gasteiger charge is 2.32. The number of hydrogen-bond acceptors (Lipinski definition) is 3. The summed E-state index contributed by atoms with van der Waals surface area (Å²) in [5.74, 6) is 0.448. The summed E-state index contributed by atoms with van der Waals surface area (Å²) in [6.07, 6.45) is 4.05. The SMILES string of the molecule is CCCCN(CC)S(=O)(=O)N1CCCC(CNCC)C1. The lowest BCUT2D eigenvalue weighted by atomic mass is 10.00. The van der Waals surface area contributed by atoms with Gasteiger partial charge in [-0.2, -0.15) is 17.0 Å². The first-order valence-electron chi connectivity index (χ1n) is 8.02. The first-order valence-corrected chi connectivity index (χ1v) is 9.41. The Bertz CT molecular complexity index is 359. The molecule has 0 amide bonds. The summed E-state index contributed by atoms with van der Waals surface area (Å²) in [5.41, 5.74) is 0. The average Bonchev–Trinajstić information content (AvgIpc) is 2.46. The van der Waals surface area contributed by atoms with Crippen molar-refractivity contribution in [1.82, 2.24) is 13.9 Å². The molecule has 0 spiro atoms. The van der Waals surface area contributed by atoms with E-state index in [1.807, 2.05) is 6.92 Å². The van der Waals surface area contributed by atoms with Gasteiger partial charge in [0.25, 0.3) is 10.2 Å². The number of nitrogens with one attached hydrogen (secondary N) is 1. The lowest BCUT2D eigenvalue weighted by Crippen LogP contribution is -2.49. The largest absolute Gasteiger partial charge is 0.317 e. The minimum absolute atomic E-state index is 0.448. The van der Waals surface area contributed by atoms with Crippen molar-refractivity contribution >= 4 is 10.2 Å². The van der Waals surface area contributed by atoms with Crippen LogP contribution in [0.3, 0.4) is 0 Å². The molecule has 0 aromatic rings. The maximum absolute atomic E-state index is 12.7. The maximum Gasteiger partial charge on any atom is 0.281 e. The van der Waals surface area contributed by atoms with Crippen LogP contribution >= 0.6 is 0 Å². The molecule has 0 radical (unpaired) electrons. The average molecular weight is 305 g/mol. The Morgan fingerprint density at radius 3 is 2.65 bits per heavy atom. The summed E-state index contributed by atoms with van der Waals surface area (Å²) >= 11 is 0. The fourth-order valence-corrected chi connectivity index (χ4v) is 4.46. The van der Waals surface area contributed by atoms with E-state index in [-0.39, 0.29) is 0 Å². The van der Waals surface area contributed by atoms with E-state index in [0.29, 0.717) is 32.1 Å². The molecular weight excluding hydrogens is 274 g/mol. The van der Waals surface area contributed by atoms with Crippen molar-refractivity contribution in [2.45, 2.75) is 46.5 Å². The van der Waals surface area contributed by atoms with Gasteiger partial charge in [-0.15, -0.1) is 0 Å². The van der Waals surface area contributed by atoms with Gasteiger partial charge in [0.15, 0.2) is 0 Å². The lowest BCUT2D eigenvalue weighted by molar-refractivity contribution is 0.243. The van der Waals surface area contributed by atoms with Gasteiger partial charge >= 0.3 is 0 Å². The summed E-state index contributed by atoms with van der Waals surface area (Å²) in [6, 6.07) is 0. The van der Waals surface area contributed by atoms with Crippen LogP contribution in [0, 0.1) is 5.92 Å². The molecule has 120 valence electrons. The van der Waals surface area contributed by atoms with Crippen LogP contribution in [-0.4, -0.2) is 56.3 Å². The number of rotatable bonds is 9. The van der Waals surface area contributed by atoms with Gasteiger partial charge in [-0.05, 0) is 38.3 Å². The second kappa shape index (κ2) is 8.97. The smallest absolute Gasteiger partial charge is 0.281 e. The van der Waals surface area contributed by atoms with Gasteiger partial charge in [0, 0.05) is 26.2 Å². The molecule has 20 heavy (non-hydrogen) atoms. The quantitative estimate of drug-likeness (QED) is 0.705. The van der Waals surface area contributed by atoms with Gasteiger partial charge < -0.3 is 5.32 Å². The molecule has 0 aromatic carbocycles. The Morgan fingerprint density at radius 1 is 1.30 bits per heavy atom. The van der Waals surface area contributed by atoms with Crippen molar-refractivity contribution in [2.75, 3.05) is 39.3 Å². The Hall–Kier alpha value is -0.170. The van der Waals surface area contributed by atoms with Crippen molar-refractivity contribution in [3.8, 4) is 0 Å². The summed E-state index contributed by atoms with van der Waals surface area (Å²) in [5, 5.41) is 3.33. The standard InChI is InChI=1S/C14H31N3O2S/c1-4-7-10-16(6-3)20(18,19)17-11-8-9-14(13-17)12-15-5-2/h14-15H,4-13H2,1-3H3. The Labute approximate surface area is 124 Å². The van der Waals surface area contributed by atoms with E-state index in [2.05, 4.69) is 19.2 Å². The first kappa shape index (κ1) is 17.9. The van der Waals surface area contributed by atoms with Crippen molar-refractivity contribution in [2.24, 2.45) is 5.92 Å². The first-order chi connectivity index (χ1) is 9.56. The van der Waals surface area contributed by atoms with Gasteiger partial charge in [0.1, 0.15) is 0 Å². The van der Waals surface area contributed by atoms with Gasteiger partial charge in [0.05, 0.1) is 0 Å². The van der Waals surface area contributed by atoms with Gasteiger partial charge in [-0.3, -0.25) is 0 Å². The molecule has 1 aliphatic rings. The number of unbranched alkanes of at least 4 members (excludes halogenated alkanes) is 1. The van der Waals surface area contributed by atoms with E-state index in [4.69, 9.17) is 0 Å². The molecule has 0 bridgehead atoms. The van der Waals surface area contributed by atoms with Gasteiger partial charge in [0.2, 0.25) is 0 Å². The predicted octanol–water partition coefficient (Wildman–Crippen LogP) is 1.67. The van der Waals surface area contributed by atoms with Crippen LogP contribution < -0.4 is 5.32 Å². The molecule has 1 unspecified atom stereocenters. The molecule has 1 atom stereocenters. The third kappa shape index (κ3) is 4.98. The minimum Gasteiger partial charge on any atom is -0.317 e. The van der Waals surface area contributed by atoms with Crippen molar-refractivity contribution in [3.05, 3.63) is 0 Å². The Balaban J connectivity index is 2.64.